The summed E-state index contributed by atoms with van der Waals surface area (Å²) >= 11 is 5.81. The zero-order valence-corrected chi connectivity index (χ0v) is 15.6. The molecule has 0 aromatic heterocycles. The minimum absolute atomic E-state index is 0.0322. The maximum Gasteiger partial charge on any atom is 0.416 e. The lowest BCUT2D eigenvalue weighted by Crippen LogP contribution is -2.18. The topological polar surface area (TPSA) is 69.2 Å². The van der Waals surface area contributed by atoms with Crippen LogP contribution in [0.25, 0.3) is 0 Å². The van der Waals surface area contributed by atoms with Crippen molar-refractivity contribution >= 4 is 29.4 Å². The summed E-state index contributed by atoms with van der Waals surface area (Å²) in [7, 11) is 2.99. The molecular weight excluding hydrogens is 401 g/mol. The van der Waals surface area contributed by atoms with E-state index in [1.807, 2.05) is 0 Å². The molecule has 0 saturated heterocycles. The molecule has 0 fully saturated rings. The number of halogens is 4. The minimum atomic E-state index is -4.55. The lowest BCUT2D eigenvalue weighted by molar-refractivity contribution is -0.137. The molecule has 0 bridgehead atoms. The van der Waals surface area contributed by atoms with Gasteiger partial charge in [0.05, 0.1) is 36.7 Å². The fourth-order valence-corrected chi connectivity index (χ4v) is 2.28. The lowest BCUT2D eigenvalue weighted by Gasteiger charge is -2.11. The van der Waals surface area contributed by atoms with Crippen LogP contribution in [0.2, 0.25) is 5.02 Å². The summed E-state index contributed by atoms with van der Waals surface area (Å²) in [5.41, 5.74) is -0.479. The number of ether oxygens (including phenoxy) is 2. The molecule has 150 valence electrons. The molecule has 1 N–H and O–H groups in total. The summed E-state index contributed by atoms with van der Waals surface area (Å²) in [4.78, 5) is 16.7. The molecule has 0 atom stereocenters. The Morgan fingerprint density at radius 1 is 1.14 bits per heavy atom. The Bertz CT molecular complexity index is 872. The quantitative estimate of drug-likeness (QED) is 0.537. The molecule has 0 unspecified atom stereocenters. The Balaban J connectivity index is 1.94. The standard InChI is InChI=1S/C18H16ClF3N2O4/c1-26-15-6-3-11(7-16(15)27-2)9-23-28-10-17(25)24-14-8-12(18(20,21)22)4-5-13(14)19/h3-9H,10H2,1-2H3,(H,24,25). The van der Waals surface area contributed by atoms with Crippen molar-refractivity contribution in [1.82, 2.24) is 0 Å². The Kier molecular flexibility index (Phi) is 7.11. The minimum Gasteiger partial charge on any atom is -0.493 e. The van der Waals surface area contributed by atoms with Crippen molar-refractivity contribution in [2.45, 2.75) is 6.18 Å². The second-order valence-electron chi connectivity index (χ2n) is 5.36. The van der Waals surface area contributed by atoms with Crippen molar-refractivity contribution in [3.8, 4) is 11.5 Å². The fourth-order valence-electron chi connectivity index (χ4n) is 2.11. The fraction of sp³-hybridized carbons (Fsp3) is 0.222. The van der Waals surface area contributed by atoms with E-state index >= 15 is 0 Å². The van der Waals surface area contributed by atoms with Gasteiger partial charge in [-0.2, -0.15) is 13.2 Å². The van der Waals surface area contributed by atoms with Crippen LogP contribution in [-0.4, -0.2) is 32.9 Å². The Morgan fingerprint density at radius 2 is 1.86 bits per heavy atom. The molecule has 0 radical (unpaired) electrons. The average molecular weight is 417 g/mol. The van der Waals surface area contributed by atoms with E-state index in [9.17, 15) is 18.0 Å². The number of nitrogens with zero attached hydrogens (tertiary/aromatic N) is 1. The van der Waals surface area contributed by atoms with Crippen molar-refractivity contribution in [2.24, 2.45) is 5.16 Å². The molecule has 2 aromatic rings. The third-order valence-corrected chi connectivity index (χ3v) is 3.78. The largest absolute Gasteiger partial charge is 0.493 e. The molecule has 28 heavy (non-hydrogen) atoms. The molecule has 1 amide bonds. The number of oxime groups is 1. The Labute approximate surface area is 163 Å². The third-order valence-electron chi connectivity index (χ3n) is 3.45. The number of amides is 1. The van der Waals surface area contributed by atoms with Gasteiger partial charge in [-0.1, -0.05) is 16.8 Å². The second kappa shape index (κ2) is 9.32. The summed E-state index contributed by atoms with van der Waals surface area (Å²) < 4.78 is 48.5. The van der Waals surface area contributed by atoms with Gasteiger partial charge >= 0.3 is 6.18 Å². The van der Waals surface area contributed by atoms with E-state index < -0.39 is 24.3 Å². The predicted molar refractivity (Wildman–Crippen MR) is 98.2 cm³/mol. The number of hydrogen-bond acceptors (Lipinski definition) is 5. The molecule has 0 heterocycles. The highest BCUT2D eigenvalue weighted by atomic mass is 35.5. The summed E-state index contributed by atoms with van der Waals surface area (Å²) in [5, 5.41) is 5.85. The second-order valence-corrected chi connectivity index (χ2v) is 5.77. The van der Waals surface area contributed by atoms with Crippen molar-refractivity contribution in [1.29, 1.82) is 0 Å². The van der Waals surface area contributed by atoms with Gasteiger partial charge in [0.2, 0.25) is 0 Å². The molecule has 0 spiro atoms. The molecule has 0 aliphatic rings. The number of nitrogens with one attached hydrogen (secondary N) is 1. The van der Waals surface area contributed by atoms with E-state index in [1.165, 1.54) is 20.4 Å². The summed E-state index contributed by atoms with van der Waals surface area (Å²) in [6.07, 6.45) is -3.21. The van der Waals surface area contributed by atoms with Crippen LogP contribution in [0.4, 0.5) is 18.9 Å². The van der Waals surface area contributed by atoms with E-state index in [2.05, 4.69) is 10.5 Å². The van der Waals surface area contributed by atoms with E-state index in [4.69, 9.17) is 25.9 Å². The lowest BCUT2D eigenvalue weighted by atomic mass is 10.2. The van der Waals surface area contributed by atoms with Crippen LogP contribution in [0.15, 0.2) is 41.6 Å². The number of methoxy groups -OCH3 is 2. The molecule has 0 aliphatic heterocycles. The summed E-state index contributed by atoms with van der Waals surface area (Å²) in [6, 6.07) is 7.62. The van der Waals surface area contributed by atoms with E-state index in [-0.39, 0.29) is 10.7 Å². The van der Waals surface area contributed by atoms with Gasteiger partial charge in [-0.25, -0.2) is 0 Å². The molecule has 2 aromatic carbocycles. The van der Waals surface area contributed by atoms with Gasteiger partial charge in [-0.15, -0.1) is 0 Å². The highest BCUT2D eigenvalue weighted by molar-refractivity contribution is 6.33. The van der Waals surface area contributed by atoms with Gasteiger partial charge in [0.1, 0.15) is 0 Å². The number of carbonyl (C=O) groups is 1. The molecule has 0 aliphatic carbocycles. The first-order valence-electron chi connectivity index (χ1n) is 7.78. The normalized spacial score (nSPS) is 11.4. The molecule has 10 heteroatoms. The van der Waals surface area contributed by atoms with Crippen LogP contribution >= 0.6 is 11.6 Å². The van der Waals surface area contributed by atoms with Gasteiger partial charge in [0, 0.05) is 5.56 Å². The van der Waals surface area contributed by atoms with Gasteiger partial charge in [0.15, 0.2) is 18.1 Å². The van der Waals surface area contributed by atoms with Crippen molar-refractivity contribution in [3.05, 3.63) is 52.5 Å². The SMILES string of the molecule is COc1ccc(C=NOCC(=O)Nc2cc(C(F)(F)F)ccc2Cl)cc1OC. The highest BCUT2D eigenvalue weighted by Gasteiger charge is 2.31. The number of hydrogen-bond donors (Lipinski definition) is 1. The Hall–Kier alpha value is -2.94. The first kappa shape index (κ1) is 21.4. The molecular formula is C18H16ClF3N2O4. The van der Waals surface area contributed by atoms with E-state index in [1.54, 1.807) is 18.2 Å². The first-order valence-corrected chi connectivity index (χ1v) is 8.16. The Morgan fingerprint density at radius 3 is 2.50 bits per heavy atom. The first-order chi connectivity index (χ1) is 13.2. The summed E-state index contributed by atoms with van der Waals surface area (Å²) in [5.74, 6) is 0.312. The average Bonchev–Trinajstić information content (AvgIpc) is 2.65. The number of rotatable bonds is 7. The van der Waals surface area contributed by atoms with Crippen LogP contribution in [0.5, 0.6) is 11.5 Å². The molecule has 0 saturated carbocycles. The van der Waals surface area contributed by atoms with Crippen LogP contribution in [0.1, 0.15) is 11.1 Å². The van der Waals surface area contributed by atoms with Gasteiger partial charge in [-0.05, 0) is 36.4 Å². The van der Waals surface area contributed by atoms with Crippen molar-refractivity contribution in [2.75, 3.05) is 26.1 Å². The van der Waals surface area contributed by atoms with Crippen LogP contribution in [-0.2, 0) is 15.8 Å². The molecule has 2 rings (SSSR count). The van der Waals surface area contributed by atoms with Crippen LogP contribution in [0, 0.1) is 0 Å². The van der Waals surface area contributed by atoms with Crippen LogP contribution < -0.4 is 14.8 Å². The molecule has 6 nitrogen and oxygen atoms in total. The zero-order valence-electron chi connectivity index (χ0n) is 14.8. The van der Waals surface area contributed by atoms with Crippen molar-refractivity contribution < 1.29 is 32.3 Å². The zero-order chi connectivity index (χ0) is 20.7. The number of anilines is 1. The monoisotopic (exact) mass is 416 g/mol. The number of carbonyl (C=O) groups excluding carboxylic acids is 1. The van der Waals surface area contributed by atoms with Crippen LogP contribution in [0.3, 0.4) is 0 Å². The predicted octanol–water partition coefficient (Wildman–Crippen LogP) is 4.37. The van der Waals surface area contributed by atoms with Gasteiger partial charge < -0.3 is 19.6 Å². The highest BCUT2D eigenvalue weighted by Crippen LogP contribution is 2.33. The van der Waals surface area contributed by atoms with E-state index in [0.717, 1.165) is 18.2 Å². The smallest absolute Gasteiger partial charge is 0.416 e. The number of alkyl halides is 3. The summed E-state index contributed by atoms with van der Waals surface area (Å²) in [6.45, 7) is -0.517. The van der Waals surface area contributed by atoms with Gasteiger partial charge in [0.25, 0.3) is 5.91 Å². The maximum absolute atomic E-state index is 12.7. The maximum atomic E-state index is 12.7. The van der Waals surface area contributed by atoms with Crippen molar-refractivity contribution in [3.63, 3.8) is 0 Å². The van der Waals surface area contributed by atoms with Gasteiger partial charge in [-0.3, -0.25) is 4.79 Å². The number of benzene rings is 2. The third kappa shape index (κ3) is 5.78. The van der Waals surface area contributed by atoms with E-state index in [0.29, 0.717) is 17.1 Å².